The molecule has 0 amide bonds. The maximum Gasteiger partial charge on any atom is 0.201 e. The number of aliphatic hydroxyl groups excluding tert-OH is 2. The Morgan fingerprint density at radius 2 is 0.850 bits per heavy atom. The molecule has 8 atom stereocenters. The van der Waals surface area contributed by atoms with Gasteiger partial charge in [0, 0.05) is 10.0 Å². The maximum absolute atomic E-state index is 14.0. The van der Waals surface area contributed by atoms with Crippen LogP contribution in [0.3, 0.4) is 0 Å². The molecule has 0 heterocycles. The monoisotopic (exact) mass is 972 g/mol. The van der Waals surface area contributed by atoms with E-state index < -0.39 is 46.4 Å². The minimum atomic E-state index is -1.23. The van der Waals surface area contributed by atoms with Gasteiger partial charge in [-0.3, -0.25) is 0 Å². The number of hydrogen-bond acceptors (Lipinski definition) is 6. The molecule has 0 aromatic heterocycles. The van der Waals surface area contributed by atoms with Crippen molar-refractivity contribution in [3.8, 4) is 23.0 Å². The highest BCUT2D eigenvalue weighted by molar-refractivity contribution is 9.10. The van der Waals surface area contributed by atoms with Crippen molar-refractivity contribution in [2.75, 3.05) is 0 Å². The summed E-state index contributed by atoms with van der Waals surface area (Å²) in [5.74, 6) is -6.06. The number of rotatable bonds is 2. The summed E-state index contributed by atoms with van der Waals surface area (Å²) in [5.41, 5.74) is 2.40. The van der Waals surface area contributed by atoms with Gasteiger partial charge in [0.15, 0.2) is 46.3 Å². The molecule has 4 saturated carbocycles. The summed E-state index contributed by atoms with van der Waals surface area (Å²) in [4.78, 5) is 0. The minimum Gasteiger partial charge on any atom is -0.505 e. The molecule has 2 unspecified atom stereocenters. The fraction of sp³-hybridized carbons (Fsp3) is 0.478. The van der Waals surface area contributed by atoms with Crippen LogP contribution in [0.15, 0.2) is 57.5 Å². The molecule has 0 saturated heterocycles. The van der Waals surface area contributed by atoms with E-state index in [2.05, 4.69) is 45.7 Å². The van der Waals surface area contributed by atoms with Crippen LogP contribution in [-0.4, -0.2) is 42.8 Å². The molecule has 4 aliphatic carbocycles. The van der Waals surface area contributed by atoms with Crippen LogP contribution < -0.4 is 0 Å². The zero-order chi connectivity index (χ0) is 44.4. The smallest absolute Gasteiger partial charge is 0.201 e. The summed E-state index contributed by atoms with van der Waals surface area (Å²) in [5, 5.41) is 56.3. The largest absolute Gasteiger partial charge is 0.505 e. The molecule has 4 aromatic rings. The Hall–Kier alpha value is -3.46. The second-order valence-corrected chi connectivity index (χ2v) is 18.9. The zero-order valence-corrected chi connectivity index (χ0v) is 37.0. The normalized spacial score (nSPS) is 27.9. The molecular formula is C46H52Br2F6O6. The summed E-state index contributed by atoms with van der Waals surface area (Å²) in [6, 6.07) is 11.3. The summed E-state index contributed by atoms with van der Waals surface area (Å²) >= 11 is 5.88. The number of fused-ring (bicyclic) bond motifs is 2. The average molecular weight is 975 g/mol. The quantitative estimate of drug-likeness (QED) is 0.0879. The molecular weight excluding hydrogens is 922 g/mol. The highest BCUT2D eigenvalue weighted by atomic mass is 79.9. The lowest BCUT2D eigenvalue weighted by atomic mass is 9.64. The van der Waals surface area contributed by atoms with Crippen LogP contribution in [-0.2, 0) is 0 Å². The van der Waals surface area contributed by atoms with Crippen molar-refractivity contribution in [1.29, 1.82) is 0 Å². The fourth-order valence-corrected chi connectivity index (χ4v) is 10.3. The van der Waals surface area contributed by atoms with Crippen molar-refractivity contribution in [3.63, 3.8) is 0 Å². The van der Waals surface area contributed by atoms with Crippen LogP contribution >= 0.6 is 31.9 Å². The highest BCUT2D eigenvalue weighted by Gasteiger charge is 2.50. The molecule has 0 spiro atoms. The number of phenolic OH excluding ortho intramolecular Hbond substituents is 4. The zero-order valence-electron chi connectivity index (χ0n) is 33.9. The van der Waals surface area contributed by atoms with E-state index in [1.54, 1.807) is 19.9 Å². The molecule has 0 bridgehead atoms. The second-order valence-electron chi connectivity index (χ2n) is 17.1. The van der Waals surface area contributed by atoms with Crippen LogP contribution in [0.25, 0.3) is 0 Å². The van der Waals surface area contributed by atoms with Crippen molar-refractivity contribution in [3.05, 3.63) is 115 Å². The summed E-state index contributed by atoms with van der Waals surface area (Å²) in [6.45, 7) is 7.66. The number of aromatic hydroxyl groups is 4. The Balaban J connectivity index is 0.000000160. The van der Waals surface area contributed by atoms with Crippen LogP contribution in [0.1, 0.15) is 112 Å². The Morgan fingerprint density at radius 3 is 1.32 bits per heavy atom. The topological polar surface area (TPSA) is 121 Å². The van der Waals surface area contributed by atoms with Crippen LogP contribution in [0, 0.1) is 71.4 Å². The van der Waals surface area contributed by atoms with Gasteiger partial charge in [0.1, 0.15) is 0 Å². The van der Waals surface area contributed by atoms with E-state index >= 15 is 0 Å². The average Bonchev–Trinajstić information content (AvgIpc) is 3.70. The Labute approximate surface area is 363 Å². The molecule has 328 valence electrons. The van der Waals surface area contributed by atoms with Gasteiger partial charge >= 0.3 is 0 Å². The third-order valence-corrected chi connectivity index (χ3v) is 15.3. The molecule has 4 fully saturated rings. The number of benzene rings is 4. The van der Waals surface area contributed by atoms with Crippen molar-refractivity contribution < 1.29 is 57.0 Å². The SMILES string of the molecule is C[C@]12CCC(c3ccc(O)c(F)c3F)C[C@H]1CC[C@@H]2O.Cc1c(Br)ccc(O)c1F.Cc1c(C2CC[C@@]3(C)[C@H](CC[C@@H]3O)C2)ccc(O)c1F.Oc1ccc(Br)c(F)c1F. The van der Waals surface area contributed by atoms with Crippen molar-refractivity contribution >= 4 is 31.9 Å². The van der Waals surface area contributed by atoms with Crippen molar-refractivity contribution in [2.45, 2.75) is 116 Å². The lowest BCUT2D eigenvalue weighted by Gasteiger charge is -2.42. The van der Waals surface area contributed by atoms with Gasteiger partial charge in [-0.2, -0.15) is 8.78 Å². The maximum atomic E-state index is 14.0. The predicted molar refractivity (Wildman–Crippen MR) is 224 cm³/mol. The number of hydrogen-bond donors (Lipinski definition) is 6. The van der Waals surface area contributed by atoms with E-state index in [9.17, 15) is 46.8 Å². The standard InChI is InChI=1S/C17H23FO2.C16H20F2O2.C7H6BrFO.C6H3BrF2O/c1-10-13(4-5-14(19)16(10)18)11-7-8-17(2)12(9-11)3-6-15(17)20;1-16-7-6-9(8-10(16)2-5-13(16)20)11-3-4-12(19)15(18)14(11)17;1-4-5(8)2-3-6(10)7(4)9;7-3-1-2-4(10)6(9)5(3)8/h4-5,11-12,15,19-20H,3,6-9H2,1-2H3;3-4,9-10,13,19-20H,2,5-8H2,1H3;2-3,10H,1H3;1-2,10H/t11?,12-,15+,17+;9?,10-,13+,16+;;/m11../s1. The number of halogens is 8. The van der Waals surface area contributed by atoms with E-state index in [4.69, 9.17) is 10.2 Å². The molecule has 0 radical (unpaired) electrons. The molecule has 6 N–H and O–H groups in total. The van der Waals surface area contributed by atoms with Gasteiger partial charge in [0.25, 0.3) is 0 Å². The van der Waals surface area contributed by atoms with Gasteiger partial charge in [-0.1, -0.05) is 41.9 Å². The van der Waals surface area contributed by atoms with E-state index in [1.807, 2.05) is 6.07 Å². The highest BCUT2D eigenvalue weighted by Crippen LogP contribution is 2.57. The lowest BCUT2D eigenvalue weighted by Crippen LogP contribution is -2.37. The van der Waals surface area contributed by atoms with Gasteiger partial charge in [0.05, 0.1) is 16.7 Å². The summed E-state index contributed by atoms with van der Waals surface area (Å²) in [6.07, 6.45) is 8.70. The summed E-state index contributed by atoms with van der Waals surface area (Å²) < 4.78 is 79.5. The first-order chi connectivity index (χ1) is 28.1. The van der Waals surface area contributed by atoms with Crippen molar-refractivity contribution in [1.82, 2.24) is 0 Å². The number of phenols is 4. The molecule has 8 rings (SSSR count). The number of aliphatic hydroxyl groups is 2. The van der Waals surface area contributed by atoms with Gasteiger partial charge in [-0.25, -0.2) is 17.6 Å². The van der Waals surface area contributed by atoms with Gasteiger partial charge in [0.2, 0.25) is 11.6 Å². The minimum absolute atomic E-state index is 0.00259. The van der Waals surface area contributed by atoms with E-state index in [1.165, 1.54) is 30.3 Å². The van der Waals surface area contributed by atoms with Crippen molar-refractivity contribution in [2.24, 2.45) is 22.7 Å². The van der Waals surface area contributed by atoms with Crippen LogP contribution in [0.2, 0.25) is 0 Å². The molecule has 4 aliphatic rings. The molecule has 4 aromatic carbocycles. The molecule has 60 heavy (non-hydrogen) atoms. The molecule has 14 heteroatoms. The first kappa shape index (κ1) is 47.6. The fourth-order valence-electron chi connectivity index (χ4n) is 9.72. The van der Waals surface area contributed by atoms with E-state index in [-0.39, 0.29) is 44.9 Å². The Bertz CT molecular complexity index is 1970. The van der Waals surface area contributed by atoms with Crippen LogP contribution in [0.4, 0.5) is 26.3 Å². The van der Waals surface area contributed by atoms with Gasteiger partial charge in [-0.05, 0) is 182 Å². The first-order valence-electron chi connectivity index (χ1n) is 20.1. The molecule has 6 nitrogen and oxygen atoms in total. The summed E-state index contributed by atoms with van der Waals surface area (Å²) in [7, 11) is 0. The molecule has 0 aliphatic heterocycles. The van der Waals surface area contributed by atoms with Gasteiger partial charge < -0.3 is 30.6 Å². The lowest BCUT2D eigenvalue weighted by molar-refractivity contribution is 0.00837. The third-order valence-electron chi connectivity index (χ3n) is 13.9. The predicted octanol–water partition coefficient (Wildman–Crippen LogP) is 12.6. The van der Waals surface area contributed by atoms with E-state index in [0.717, 1.165) is 75.8 Å². The van der Waals surface area contributed by atoms with Gasteiger partial charge in [-0.15, -0.1) is 0 Å². The van der Waals surface area contributed by atoms with Crippen LogP contribution in [0.5, 0.6) is 23.0 Å². The Kier molecular flexibility index (Phi) is 15.3. The Morgan fingerprint density at radius 1 is 0.467 bits per heavy atom. The first-order valence-corrected chi connectivity index (χ1v) is 21.7. The van der Waals surface area contributed by atoms with E-state index in [0.29, 0.717) is 38.9 Å². The second kappa shape index (κ2) is 19.3. The third kappa shape index (κ3) is 9.76.